The van der Waals surface area contributed by atoms with Gasteiger partial charge in [-0.3, -0.25) is 4.79 Å². The molecule has 0 aliphatic rings. The van der Waals surface area contributed by atoms with E-state index in [0.29, 0.717) is 11.4 Å². The van der Waals surface area contributed by atoms with Crippen molar-refractivity contribution in [2.75, 3.05) is 51.0 Å². The molecule has 2 aromatic heterocycles. The summed E-state index contributed by atoms with van der Waals surface area (Å²) in [5, 5.41) is 4.16. The summed E-state index contributed by atoms with van der Waals surface area (Å²) in [7, 11) is 8.32. The Morgan fingerprint density at radius 1 is 0.944 bits per heavy atom. The zero-order valence-electron chi connectivity index (χ0n) is 21.9. The molecule has 0 fully saturated rings. The first-order valence-corrected chi connectivity index (χ1v) is 12.4. The second kappa shape index (κ2) is 11.4. The summed E-state index contributed by atoms with van der Waals surface area (Å²) in [6.45, 7) is 5.76. The molecule has 0 aliphatic carbocycles. The van der Waals surface area contributed by atoms with Crippen LogP contribution in [-0.2, 0) is 13.6 Å². The van der Waals surface area contributed by atoms with Gasteiger partial charge in [0, 0.05) is 79.5 Å². The molecule has 0 aliphatic heterocycles. The Morgan fingerprint density at radius 3 is 2.42 bits per heavy atom. The van der Waals surface area contributed by atoms with E-state index in [1.807, 2.05) is 36.4 Å². The molecule has 7 heteroatoms. The standard InChI is InChI=1S/C29H36N6O/c1-6-35(25-11-12-27-24(19-25)14-16-34(27)5)26-13-15-30-28(20-26)31-29(36)23-9-7-22(8-10-23)21-33(4)18-17-32(2)3/h7-16,19-20H,6,17-18,21H2,1-5H3,(H,30,31,36). The Bertz CT molecular complexity index is 1310. The van der Waals surface area contributed by atoms with Crippen molar-refractivity contribution in [3.8, 4) is 0 Å². The number of hydrogen-bond donors (Lipinski definition) is 1. The molecule has 1 N–H and O–H groups in total. The molecule has 4 rings (SSSR count). The van der Waals surface area contributed by atoms with Crippen LogP contribution >= 0.6 is 0 Å². The third-order valence-electron chi connectivity index (χ3n) is 6.39. The van der Waals surface area contributed by atoms with Crippen molar-refractivity contribution in [3.63, 3.8) is 0 Å². The molecular weight excluding hydrogens is 448 g/mol. The maximum Gasteiger partial charge on any atom is 0.256 e. The fourth-order valence-corrected chi connectivity index (χ4v) is 4.32. The van der Waals surface area contributed by atoms with Gasteiger partial charge in [-0.25, -0.2) is 4.98 Å². The highest BCUT2D eigenvalue weighted by molar-refractivity contribution is 6.04. The number of carbonyl (C=O) groups excluding carboxylic acids is 1. The minimum atomic E-state index is -0.166. The SMILES string of the molecule is CCN(c1ccnc(NC(=O)c2ccc(CN(C)CCN(C)C)cc2)c1)c1ccc2c(ccn2C)c1. The summed E-state index contributed by atoms with van der Waals surface area (Å²) in [6.07, 6.45) is 3.81. The molecule has 36 heavy (non-hydrogen) atoms. The van der Waals surface area contributed by atoms with Crippen molar-refractivity contribution in [1.82, 2.24) is 19.4 Å². The Hall–Kier alpha value is -3.68. The van der Waals surface area contributed by atoms with Gasteiger partial charge in [0.1, 0.15) is 5.82 Å². The average Bonchev–Trinajstić information content (AvgIpc) is 3.24. The topological polar surface area (TPSA) is 56.6 Å². The minimum absolute atomic E-state index is 0.166. The van der Waals surface area contributed by atoms with E-state index >= 15 is 0 Å². The molecule has 0 atom stereocenters. The summed E-state index contributed by atoms with van der Waals surface area (Å²) in [6, 6.07) is 20.3. The number of nitrogens with zero attached hydrogens (tertiary/aromatic N) is 5. The van der Waals surface area contributed by atoms with E-state index in [2.05, 4.69) is 95.1 Å². The van der Waals surface area contributed by atoms with E-state index in [9.17, 15) is 4.79 Å². The average molecular weight is 485 g/mol. The molecule has 2 heterocycles. The fraction of sp³-hybridized carbons (Fsp3) is 0.310. The summed E-state index contributed by atoms with van der Waals surface area (Å²) in [5.74, 6) is 0.366. The molecular formula is C29H36N6O. The van der Waals surface area contributed by atoms with Gasteiger partial charge in [-0.2, -0.15) is 0 Å². The number of fused-ring (bicyclic) bond motifs is 1. The van der Waals surface area contributed by atoms with Crippen molar-refractivity contribution in [2.24, 2.45) is 7.05 Å². The van der Waals surface area contributed by atoms with Crippen molar-refractivity contribution in [2.45, 2.75) is 13.5 Å². The smallest absolute Gasteiger partial charge is 0.256 e. The van der Waals surface area contributed by atoms with Crippen LogP contribution in [0.3, 0.4) is 0 Å². The van der Waals surface area contributed by atoms with Crippen LogP contribution in [0.15, 0.2) is 73.1 Å². The summed E-state index contributed by atoms with van der Waals surface area (Å²) < 4.78 is 2.12. The maximum absolute atomic E-state index is 12.9. The number of rotatable bonds is 10. The normalized spacial score (nSPS) is 11.4. The van der Waals surface area contributed by atoms with Crippen LogP contribution in [0.2, 0.25) is 0 Å². The molecule has 1 amide bonds. The van der Waals surface area contributed by atoms with Crippen LogP contribution in [0, 0.1) is 0 Å². The number of anilines is 3. The van der Waals surface area contributed by atoms with E-state index in [1.54, 1.807) is 6.20 Å². The van der Waals surface area contributed by atoms with Gasteiger partial charge in [0.2, 0.25) is 0 Å². The summed E-state index contributed by atoms with van der Waals surface area (Å²) in [4.78, 5) is 24.0. The first-order valence-electron chi connectivity index (χ1n) is 12.4. The maximum atomic E-state index is 12.9. The molecule has 7 nitrogen and oxygen atoms in total. The van der Waals surface area contributed by atoms with Gasteiger partial charge in [-0.05, 0) is 76.1 Å². The van der Waals surface area contributed by atoms with Crippen molar-refractivity contribution >= 4 is 34.0 Å². The second-order valence-electron chi connectivity index (χ2n) is 9.51. The lowest BCUT2D eigenvalue weighted by molar-refractivity contribution is 0.102. The first kappa shape index (κ1) is 25.4. The molecule has 4 aromatic rings. The molecule has 2 aromatic carbocycles. The zero-order chi connectivity index (χ0) is 25.7. The van der Waals surface area contributed by atoms with E-state index in [4.69, 9.17) is 0 Å². The molecule has 0 saturated carbocycles. The van der Waals surface area contributed by atoms with Crippen LogP contribution in [0.5, 0.6) is 0 Å². The molecule has 0 spiro atoms. The van der Waals surface area contributed by atoms with Crippen LogP contribution in [0.1, 0.15) is 22.8 Å². The van der Waals surface area contributed by atoms with Crippen molar-refractivity contribution in [1.29, 1.82) is 0 Å². The highest BCUT2D eigenvalue weighted by atomic mass is 16.1. The van der Waals surface area contributed by atoms with Gasteiger partial charge in [0.05, 0.1) is 0 Å². The van der Waals surface area contributed by atoms with Crippen LogP contribution in [0.4, 0.5) is 17.2 Å². The number of amides is 1. The zero-order valence-corrected chi connectivity index (χ0v) is 21.9. The lowest BCUT2D eigenvalue weighted by Crippen LogP contribution is -2.28. The van der Waals surface area contributed by atoms with Crippen molar-refractivity contribution in [3.05, 3.63) is 84.2 Å². The largest absolute Gasteiger partial charge is 0.351 e. The van der Waals surface area contributed by atoms with E-state index < -0.39 is 0 Å². The number of nitrogens with one attached hydrogen (secondary N) is 1. The minimum Gasteiger partial charge on any atom is -0.351 e. The molecule has 0 bridgehead atoms. The number of carbonyl (C=O) groups is 1. The molecule has 0 radical (unpaired) electrons. The summed E-state index contributed by atoms with van der Waals surface area (Å²) >= 11 is 0. The second-order valence-corrected chi connectivity index (χ2v) is 9.51. The number of aryl methyl sites for hydroxylation is 1. The van der Waals surface area contributed by atoms with Gasteiger partial charge >= 0.3 is 0 Å². The molecule has 188 valence electrons. The number of aromatic nitrogens is 2. The van der Waals surface area contributed by atoms with Crippen molar-refractivity contribution < 1.29 is 4.79 Å². The highest BCUT2D eigenvalue weighted by Crippen LogP contribution is 2.29. The van der Waals surface area contributed by atoms with Gasteiger partial charge in [0.25, 0.3) is 5.91 Å². The Balaban J connectivity index is 1.43. The lowest BCUT2D eigenvalue weighted by Gasteiger charge is -2.24. The lowest BCUT2D eigenvalue weighted by atomic mass is 10.1. The third kappa shape index (κ3) is 6.11. The van der Waals surface area contributed by atoms with Gasteiger partial charge in [-0.15, -0.1) is 0 Å². The van der Waals surface area contributed by atoms with Crippen LogP contribution < -0.4 is 10.2 Å². The summed E-state index contributed by atoms with van der Waals surface area (Å²) in [5.41, 5.74) is 5.08. The number of pyridine rings is 1. The predicted octanol–water partition coefficient (Wildman–Crippen LogP) is 4.98. The quantitative estimate of drug-likeness (QED) is 0.344. The van der Waals surface area contributed by atoms with E-state index in [0.717, 1.165) is 37.6 Å². The monoisotopic (exact) mass is 484 g/mol. The Kier molecular flexibility index (Phi) is 8.03. The number of likely N-dealkylation sites (N-methyl/N-ethyl adjacent to an activating group) is 2. The van der Waals surface area contributed by atoms with Gasteiger partial charge in [0.15, 0.2) is 0 Å². The molecule has 0 unspecified atom stereocenters. The Labute approximate surface area is 214 Å². The van der Waals surface area contributed by atoms with Gasteiger partial charge in [-0.1, -0.05) is 12.1 Å². The third-order valence-corrected chi connectivity index (χ3v) is 6.39. The van der Waals surface area contributed by atoms with Crippen LogP contribution in [-0.4, -0.2) is 66.0 Å². The van der Waals surface area contributed by atoms with E-state index in [-0.39, 0.29) is 5.91 Å². The fourth-order valence-electron chi connectivity index (χ4n) is 4.32. The highest BCUT2D eigenvalue weighted by Gasteiger charge is 2.12. The van der Waals surface area contributed by atoms with E-state index in [1.165, 1.54) is 16.5 Å². The predicted molar refractivity (Wildman–Crippen MR) is 149 cm³/mol. The number of benzene rings is 2. The molecule has 0 saturated heterocycles. The van der Waals surface area contributed by atoms with Crippen LogP contribution in [0.25, 0.3) is 10.9 Å². The first-order chi connectivity index (χ1) is 17.3. The Morgan fingerprint density at radius 2 is 1.69 bits per heavy atom. The van der Waals surface area contributed by atoms with Gasteiger partial charge < -0.3 is 24.6 Å². The number of hydrogen-bond acceptors (Lipinski definition) is 5.